The molecule has 1 fully saturated rings. The summed E-state index contributed by atoms with van der Waals surface area (Å²) in [6.07, 6.45) is 5.81. The van der Waals surface area contributed by atoms with Crippen molar-refractivity contribution in [2.75, 3.05) is 6.26 Å². The average Bonchev–Trinajstić information content (AvgIpc) is 2.67. The Bertz CT molecular complexity index is 152. The second-order valence-corrected chi connectivity index (χ2v) is 3.06. The van der Waals surface area contributed by atoms with Gasteiger partial charge in [0.25, 0.3) is 0 Å². The molecule has 0 heterocycles. The lowest BCUT2D eigenvalue weighted by molar-refractivity contribution is -0.116. The summed E-state index contributed by atoms with van der Waals surface area (Å²) in [5.74, 6) is 0.0388. The molecule has 0 bridgehead atoms. The van der Waals surface area contributed by atoms with Crippen molar-refractivity contribution in [3.63, 3.8) is 0 Å². The summed E-state index contributed by atoms with van der Waals surface area (Å²) < 4.78 is 0. The monoisotopic (exact) mass is 157 g/mol. The maximum absolute atomic E-state index is 10.8. The fraction of sp³-hybridized carbons (Fsp3) is 0.571. The van der Waals surface area contributed by atoms with Gasteiger partial charge in [-0.05, 0) is 24.5 Å². The Morgan fingerprint density at radius 1 is 1.70 bits per heavy atom. The minimum atomic E-state index is 0.0388. The van der Waals surface area contributed by atoms with Crippen molar-refractivity contribution in [1.29, 1.82) is 0 Å². The minimum absolute atomic E-state index is 0.0388. The normalized spacial score (nSPS) is 17.7. The Morgan fingerprint density at radius 2 is 2.40 bits per heavy atom. The molecule has 1 N–H and O–H groups in total. The van der Waals surface area contributed by atoms with Crippen molar-refractivity contribution in [1.82, 2.24) is 5.32 Å². The SMILES string of the molecule is CS/C=C/C(=O)NC1CC1. The van der Waals surface area contributed by atoms with Crippen molar-refractivity contribution in [3.05, 3.63) is 11.5 Å². The molecule has 2 nitrogen and oxygen atoms in total. The molecule has 0 unspecified atom stereocenters. The summed E-state index contributed by atoms with van der Waals surface area (Å²) in [7, 11) is 0. The first-order chi connectivity index (χ1) is 4.83. The van der Waals surface area contributed by atoms with Crippen LogP contribution in [0.1, 0.15) is 12.8 Å². The topological polar surface area (TPSA) is 29.1 Å². The predicted octanol–water partition coefficient (Wildman–Crippen LogP) is 1.14. The molecule has 1 aliphatic carbocycles. The molecule has 0 aromatic carbocycles. The third kappa shape index (κ3) is 2.92. The van der Waals surface area contributed by atoms with Gasteiger partial charge in [-0.25, -0.2) is 0 Å². The summed E-state index contributed by atoms with van der Waals surface area (Å²) >= 11 is 1.54. The van der Waals surface area contributed by atoms with Gasteiger partial charge in [0.05, 0.1) is 0 Å². The molecule has 56 valence electrons. The average molecular weight is 157 g/mol. The first kappa shape index (κ1) is 7.66. The van der Waals surface area contributed by atoms with E-state index < -0.39 is 0 Å². The van der Waals surface area contributed by atoms with E-state index in [1.807, 2.05) is 6.26 Å². The van der Waals surface area contributed by atoms with Crippen LogP contribution in [0.2, 0.25) is 0 Å². The van der Waals surface area contributed by atoms with Crippen LogP contribution in [0, 0.1) is 0 Å². The van der Waals surface area contributed by atoms with Crippen molar-refractivity contribution in [2.24, 2.45) is 0 Å². The van der Waals surface area contributed by atoms with E-state index in [1.165, 1.54) is 11.8 Å². The van der Waals surface area contributed by atoms with Gasteiger partial charge in [0.2, 0.25) is 5.91 Å². The highest BCUT2D eigenvalue weighted by atomic mass is 32.2. The smallest absolute Gasteiger partial charge is 0.244 e. The molecule has 3 heteroatoms. The Balaban J connectivity index is 2.13. The van der Waals surface area contributed by atoms with E-state index in [0.29, 0.717) is 6.04 Å². The fourth-order valence-electron chi connectivity index (χ4n) is 0.607. The maximum Gasteiger partial charge on any atom is 0.244 e. The second kappa shape index (κ2) is 3.66. The standard InChI is InChI=1S/C7H11NOS/c1-10-5-4-7(9)8-6-2-3-6/h4-6H,2-3H2,1H3,(H,8,9)/b5-4+. The Morgan fingerprint density at radius 3 is 2.90 bits per heavy atom. The van der Waals surface area contributed by atoms with Gasteiger partial charge < -0.3 is 5.32 Å². The van der Waals surface area contributed by atoms with Crippen LogP contribution in [0.5, 0.6) is 0 Å². The van der Waals surface area contributed by atoms with Gasteiger partial charge in [0, 0.05) is 12.1 Å². The molecule has 0 radical (unpaired) electrons. The number of carbonyl (C=O) groups excluding carboxylic acids is 1. The molecular weight excluding hydrogens is 146 g/mol. The van der Waals surface area contributed by atoms with Crippen LogP contribution >= 0.6 is 11.8 Å². The van der Waals surface area contributed by atoms with Crippen LogP contribution in [0.25, 0.3) is 0 Å². The number of amides is 1. The molecule has 0 aromatic heterocycles. The Labute approximate surface area is 65.1 Å². The first-order valence-corrected chi connectivity index (χ1v) is 4.61. The first-order valence-electron chi connectivity index (χ1n) is 3.33. The Kier molecular flexibility index (Phi) is 2.81. The Hall–Kier alpha value is -0.440. The molecule has 0 saturated heterocycles. The number of hydrogen-bond donors (Lipinski definition) is 1. The number of carbonyl (C=O) groups is 1. The highest BCUT2D eigenvalue weighted by molar-refractivity contribution is 8.01. The van der Waals surface area contributed by atoms with E-state index in [-0.39, 0.29) is 5.91 Å². The third-order valence-electron chi connectivity index (χ3n) is 1.28. The lowest BCUT2D eigenvalue weighted by Crippen LogP contribution is -2.22. The van der Waals surface area contributed by atoms with Gasteiger partial charge in [0.1, 0.15) is 0 Å². The second-order valence-electron chi connectivity index (χ2n) is 2.32. The van der Waals surface area contributed by atoms with E-state index in [9.17, 15) is 4.79 Å². The van der Waals surface area contributed by atoms with Gasteiger partial charge in [0.15, 0.2) is 0 Å². The van der Waals surface area contributed by atoms with E-state index in [1.54, 1.807) is 11.5 Å². The van der Waals surface area contributed by atoms with Crippen LogP contribution in [0.4, 0.5) is 0 Å². The highest BCUT2D eigenvalue weighted by Crippen LogP contribution is 2.18. The molecule has 1 rings (SSSR count). The predicted molar refractivity (Wildman–Crippen MR) is 43.8 cm³/mol. The van der Waals surface area contributed by atoms with E-state index in [4.69, 9.17) is 0 Å². The van der Waals surface area contributed by atoms with Crippen molar-refractivity contribution in [2.45, 2.75) is 18.9 Å². The maximum atomic E-state index is 10.8. The van der Waals surface area contributed by atoms with Gasteiger partial charge >= 0.3 is 0 Å². The van der Waals surface area contributed by atoms with E-state index in [0.717, 1.165) is 12.8 Å². The lowest BCUT2D eigenvalue weighted by Gasteiger charge is -1.94. The van der Waals surface area contributed by atoms with Gasteiger partial charge in [-0.15, -0.1) is 11.8 Å². The van der Waals surface area contributed by atoms with E-state index >= 15 is 0 Å². The van der Waals surface area contributed by atoms with Gasteiger partial charge in [-0.2, -0.15) is 0 Å². The molecule has 1 amide bonds. The van der Waals surface area contributed by atoms with Crippen molar-refractivity contribution >= 4 is 17.7 Å². The van der Waals surface area contributed by atoms with Crippen LogP contribution in [-0.2, 0) is 4.79 Å². The molecule has 0 atom stereocenters. The molecular formula is C7H11NOS. The molecule has 1 aliphatic rings. The van der Waals surface area contributed by atoms with Crippen LogP contribution in [0.15, 0.2) is 11.5 Å². The molecule has 10 heavy (non-hydrogen) atoms. The summed E-state index contributed by atoms with van der Waals surface area (Å²) in [6.45, 7) is 0. The van der Waals surface area contributed by atoms with Crippen LogP contribution in [-0.4, -0.2) is 18.2 Å². The molecule has 0 aliphatic heterocycles. The lowest BCUT2D eigenvalue weighted by atomic mass is 10.5. The third-order valence-corrected chi connectivity index (χ3v) is 1.69. The van der Waals surface area contributed by atoms with Gasteiger partial charge in [-0.1, -0.05) is 0 Å². The zero-order valence-electron chi connectivity index (χ0n) is 5.96. The highest BCUT2D eigenvalue weighted by Gasteiger charge is 2.21. The van der Waals surface area contributed by atoms with E-state index in [2.05, 4.69) is 5.32 Å². The molecule has 1 saturated carbocycles. The number of rotatable bonds is 3. The van der Waals surface area contributed by atoms with Crippen molar-refractivity contribution in [3.8, 4) is 0 Å². The zero-order valence-corrected chi connectivity index (χ0v) is 6.78. The summed E-state index contributed by atoms with van der Waals surface area (Å²) in [6, 6.07) is 0.471. The largest absolute Gasteiger partial charge is 0.350 e. The van der Waals surface area contributed by atoms with Gasteiger partial charge in [-0.3, -0.25) is 4.79 Å². The number of nitrogens with one attached hydrogen (secondary N) is 1. The number of thioether (sulfide) groups is 1. The quantitative estimate of drug-likeness (QED) is 0.622. The number of hydrogen-bond acceptors (Lipinski definition) is 2. The fourth-order valence-corrected chi connectivity index (χ4v) is 0.866. The zero-order chi connectivity index (χ0) is 7.40. The van der Waals surface area contributed by atoms with Crippen LogP contribution in [0.3, 0.4) is 0 Å². The molecule has 0 aromatic rings. The van der Waals surface area contributed by atoms with Crippen LogP contribution < -0.4 is 5.32 Å². The minimum Gasteiger partial charge on any atom is -0.350 e. The summed E-state index contributed by atoms with van der Waals surface area (Å²) in [5.41, 5.74) is 0. The van der Waals surface area contributed by atoms with Crippen molar-refractivity contribution < 1.29 is 4.79 Å². The summed E-state index contributed by atoms with van der Waals surface area (Å²) in [5, 5.41) is 4.64. The molecule has 0 spiro atoms. The summed E-state index contributed by atoms with van der Waals surface area (Å²) in [4.78, 5) is 10.8.